The molecule has 1 atom stereocenters. The van der Waals surface area contributed by atoms with Crippen molar-refractivity contribution in [2.45, 2.75) is 32.2 Å². The maximum Gasteiger partial charge on any atom is 0.354 e. The van der Waals surface area contributed by atoms with Gasteiger partial charge in [-0.15, -0.1) is 0 Å². The van der Waals surface area contributed by atoms with Crippen LogP contribution in [-0.2, 0) is 24.2 Å². The fraction of sp³-hybridized carbons (Fsp3) is 0.500. The highest BCUT2D eigenvalue weighted by Crippen LogP contribution is 2.22. The van der Waals surface area contributed by atoms with Gasteiger partial charge in [-0.05, 0) is 25.0 Å². The van der Waals surface area contributed by atoms with Crippen molar-refractivity contribution >= 4 is 27.4 Å². The van der Waals surface area contributed by atoms with Crippen LogP contribution in [0.4, 0.5) is 0 Å². The van der Waals surface area contributed by atoms with E-state index < -0.39 is 21.8 Å². The molecule has 1 aromatic carbocycles. The number of ether oxygens (including phenoxy) is 2. The van der Waals surface area contributed by atoms with E-state index in [-0.39, 0.29) is 49.2 Å². The topological polar surface area (TPSA) is 102 Å². The van der Waals surface area contributed by atoms with Gasteiger partial charge in [-0.1, -0.05) is 18.2 Å². The van der Waals surface area contributed by atoms with Gasteiger partial charge in [0.05, 0.1) is 17.5 Å². The molecule has 2 heterocycles. The molecule has 2 aliphatic heterocycles. The van der Waals surface area contributed by atoms with Crippen molar-refractivity contribution in [2.75, 3.05) is 24.7 Å². The number of rotatable bonds is 6. The maximum atomic E-state index is 12.2. The standard InChI is InChI=1S/C18H22N2O6S/c1-13-4-2-3-5-16(13)25-9-10-26-18(22)15-6-7-17(21)20(19-15)14-8-11-27(23,24)12-14/h2-5,14H,6-12H2,1H3. The average Bonchev–Trinajstić information content (AvgIpc) is 3.00. The summed E-state index contributed by atoms with van der Waals surface area (Å²) in [5.74, 6) is -0.233. The fourth-order valence-corrected chi connectivity index (χ4v) is 4.75. The molecule has 0 spiro atoms. The normalized spacial score (nSPS) is 21.7. The summed E-state index contributed by atoms with van der Waals surface area (Å²) < 4.78 is 34.0. The Morgan fingerprint density at radius 2 is 2.04 bits per heavy atom. The first kappa shape index (κ1) is 19.3. The van der Waals surface area contributed by atoms with Crippen LogP contribution in [0.5, 0.6) is 5.75 Å². The highest BCUT2D eigenvalue weighted by molar-refractivity contribution is 7.91. The van der Waals surface area contributed by atoms with Crippen molar-refractivity contribution in [1.82, 2.24) is 5.01 Å². The summed E-state index contributed by atoms with van der Waals surface area (Å²) >= 11 is 0. The van der Waals surface area contributed by atoms with Gasteiger partial charge in [0.2, 0.25) is 5.91 Å². The van der Waals surface area contributed by atoms with Crippen molar-refractivity contribution in [2.24, 2.45) is 5.10 Å². The van der Waals surface area contributed by atoms with Gasteiger partial charge in [0, 0.05) is 12.8 Å². The van der Waals surface area contributed by atoms with E-state index in [1.54, 1.807) is 0 Å². The number of nitrogens with zero attached hydrogens (tertiary/aromatic N) is 2. The van der Waals surface area contributed by atoms with Gasteiger partial charge in [-0.3, -0.25) is 4.79 Å². The molecule has 8 nitrogen and oxygen atoms in total. The molecule has 1 aromatic rings. The van der Waals surface area contributed by atoms with E-state index in [0.29, 0.717) is 6.42 Å². The third-order valence-electron chi connectivity index (χ3n) is 4.52. The van der Waals surface area contributed by atoms with Crippen molar-refractivity contribution < 1.29 is 27.5 Å². The first-order valence-corrected chi connectivity index (χ1v) is 10.6. The molecule has 2 aliphatic rings. The summed E-state index contributed by atoms with van der Waals surface area (Å²) in [6.45, 7) is 2.18. The number of carbonyl (C=O) groups is 2. The number of carbonyl (C=O) groups excluding carboxylic acids is 2. The van der Waals surface area contributed by atoms with Crippen LogP contribution in [0.25, 0.3) is 0 Å². The van der Waals surface area contributed by atoms with Crippen LogP contribution in [0.2, 0.25) is 0 Å². The number of aryl methyl sites for hydroxylation is 1. The minimum atomic E-state index is -3.15. The van der Waals surface area contributed by atoms with Gasteiger partial charge in [0.1, 0.15) is 24.7 Å². The Bertz CT molecular complexity index is 864. The lowest BCUT2D eigenvalue weighted by Gasteiger charge is -2.27. The van der Waals surface area contributed by atoms with Crippen LogP contribution in [0, 0.1) is 6.92 Å². The summed E-state index contributed by atoms with van der Waals surface area (Å²) in [5, 5.41) is 5.23. The molecular formula is C18H22N2O6S. The largest absolute Gasteiger partial charge is 0.490 e. The Labute approximate surface area is 158 Å². The van der Waals surface area contributed by atoms with E-state index in [1.807, 2.05) is 31.2 Å². The average molecular weight is 394 g/mol. The molecule has 27 heavy (non-hydrogen) atoms. The first-order valence-electron chi connectivity index (χ1n) is 8.81. The Kier molecular flexibility index (Phi) is 5.79. The highest BCUT2D eigenvalue weighted by atomic mass is 32.2. The van der Waals surface area contributed by atoms with Crippen LogP contribution in [0.15, 0.2) is 29.4 Å². The second kappa shape index (κ2) is 8.08. The smallest absolute Gasteiger partial charge is 0.354 e. The van der Waals surface area contributed by atoms with Crippen LogP contribution in [-0.4, -0.2) is 61.8 Å². The van der Waals surface area contributed by atoms with Gasteiger partial charge in [-0.25, -0.2) is 18.2 Å². The zero-order chi connectivity index (χ0) is 19.4. The van der Waals surface area contributed by atoms with Crippen molar-refractivity contribution in [3.05, 3.63) is 29.8 Å². The number of para-hydroxylation sites is 1. The van der Waals surface area contributed by atoms with E-state index >= 15 is 0 Å². The number of benzene rings is 1. The van der Waals surface area contributed by atoms with Crippen LogP contribution in [0.1, 0.15) is 24.8 Å². The SMILES string of the molecule is Cc1ccccc1OCCOC(=O)C1=NN(C2CCS(=O)(=O)C2)C(=O)CC1. The molecule has 0 bridgehead atoms. The van der Waals surface area contributed by atoms with E-state index in [4.69, 9.17) is 9.47 Å². The number of amides is 1. The zero-order valence-electron chi connectivity index (χ0n) is 15.1. The van der Waals surface area contributed by atoms with Gasteiger partial charge in [-0.2, -0.15) is 5.10 Å². The van der Waals surface area contributed by atoms with Crippen molar-refractivity contribution in [3.8, 4) is 5.75 Å². The molecule has 0 aliphatic carbocycles. The van der Waals surface area contributed by atoms with Crippen LogP contribution >= 0.6 is 0 Å². The Morgan fingerprint density at radius 1 is 1.26 bits per heavy atom. The predicted molar refractivity (Wildman–Crippen MR) is 98.2 cm³/mol. The van der Waals surface area contributed by atoms with Crippen molar-refractivity contribution in [3.63, 3.8) is 0 Å². The Hall–Kier alpha value is -2.42. The van der Waals surface area contributed by atoms with E-state index in [0.717, 1.165) is 16.3 Å². The lowest BCUT2D eigenvalue weighted by atomic mass is 10.1. The first-order chi connectivity index (χ1) is 12.9. The molecule has 9 heteroatoms. The maximum absolute atomic E-state index is 12.2. The van der Waals surface area contributed by atoms with Gasteiger partial charge in [0.25, 0.3) is 0 Å². The molecule has 0 radical (unpaired) electrons. The number of hydrogen-bond acceptors (Lipinski definition) is 7. The van der Waals surface area contributed by atoms with Crippen LogP contribution < -0.4 is 4.74 Å². The predicted octanol–water partition coefficient (Wildman–Crippen LogP) is 1.08. The number of sulfone groups is 1. The molecule has 1 unspecified atom stereocenters. The van der Waals surface area contributed by atoms with E-state index in [2.05, 4.69) is 5.10 Å². The second-order valence-corrected chi connectivity index (χ2v) is 8.82. The van der Waals surface area contributed by atoms with Gasteiger partial charge < -0.3 is 9.47 Å². The monoisotopic (exact) mass is 394 g/mol. The molecule has 1 fully saturated rings. The molecule has 3 rings (SSSR count). The third kappa shape index (κ3) is 4.85. The molecule has 0 saturated carbocycles. The molecule has 1 saturated heterocycles. The minimum absolute atomic E-state index is 0.0347. The molecule has 146 valence electrons. The number of hydrogen-bond donors (Lipinski definition) is 0. The van der Waals surface area contributed by atoms with Gasteiger partial charge >= 0.3 is 5.97 Å². The molecular weight excluding hydrogens is 372 g/mol. The van der Waals surface area contributed by atoms with Crippen LogP contribution in [0.3, 0.4) is 0 Å². The molecule has 0 aromatic heterocycles. The zero-order valence-corrected chi connectivity index (χ0v) is 15.9. The summed E-state index contributed by atoms with van der Waals surface area (Å²) in [6.07, 6.45) is 0.640. The fourth-order valence-electron chi connectivity index (χ4n) is 3.06. The quantitative estimate of drug-likeness (QED) is 0.528. The summed E-state index contributed by atoms with van der Waals surface area (Å²) in [4.78, 5) is 24.3. The molecule has 0 N–H and O–H groups in total. The second-order valence-electron chi connectivity index (χ2n) is 6.59. The Morgan fingerprint density at radius 3 is 2.74 bits per heavy atom. The number of esters is 1. The Balaban J connectivity index is 1.53. The summed E-state index contributed by atoms with van der Waals surface area (Å²) in [6, 6.07) is 7.02. The third-order valence-corrected chi connectivity index (χ3v) is 6.27. The lowest BCUT2D eigenvalue weighted by Crippen LogP contribution is -2.42. The number of hydrazone groups is 1. The summed E-state index contributed by atoms with van der Waals surface area (Å²) in [5.41, 5.74) is 1.12. The minimum Gasteiger partial charge on any atom is -0.490 e. The van der Waals surface area contributed by atoms with Crippen molar-refractivity contribution in [1.29, 1.82) is 0 Å². The van der Waals surface area contributed by atoms with E-state index in [1.165, 1.54) is 0 Å². The van der Waals surface area contributed by atoms with Gasteiger partial charge in [0.15, 0.2) is 9.84 Å². The summed E-state index contributed by atoms with van der Waals surface area (Å²) in [7, 11) is -3.15. The van der Waals surface area contributed by atoms with E-state index in [9.17, 15) is 18.0 Å². The lowest BCUT2D eigenvalue weighted by molar-refractivity contribution is -0.137. The molecule has 1 amide bonds. The highest BCUT2D eigenvalue weighted by Gasteiger charge is 2.37.